The Morgan fingerprint density at radius 3 is 2.47 bits per heavy atom. The zero-order valence-electron chi connectivity index (χ0n) is 21.4. The van der Waals surface area contributed by atoms with Crippen molar-refractivity contribution in [3.8, 4) is 0 Å². The average molecular weight is 469 g/mol. The number of carboxylic acids is 1. The minimum Gasteiger partial charge on any atom is -0.481 e. The summed E-state index contributed by atoms with van der Waals surface area (Å²) < 4.78 is 0. The zero-order chi connectivity index (χ0) is 25.2. The fourth-order valence-corrected chi connectivity index (χ4v) is 8.25. The van der Waals surface area contributed by atoms with Crippen LogP contribution in [0.2, 0.25) is 0 Å². The average Bonchev–Trinajstić information content (AvgIpc) is 3.11. The molecule has 4 aliphatic rings. The first-order valence-corrected chi connectivity index (χ1v) is 13.1. The summed E-state index contributed by atoms with van der Waals surface area (Å²) in [6.07, 6.45) is 5.43. The van der Waals surface area contributed by atoms with Crippen LogP contribution in [0.3, 0.4) is 0 Å². The largest absolute Gasteiger partial charge is 0.481 e. The highest BCUT2D eigenvalue weighted by Gasteiger charge is 2.61. The van der Waals surface area contributed by atoms with E-state index in [1.54, 1.807) is 6.92 Å². The number of Topliss-reactive ketones (excluding diaryl/α,β-unsaturated/α-hetero) is 3. The second-order valence-corrected chi connectivity index (χ2v) is 12.3. The van der Waals surface area contributed by atoms with Gasteiger partial charge < -0.3 is 5.11 Å². The third kappa shape index (κ3) is 3.65. The van der Waals surface area contributed by atoms with Crippen LogP contribution in [0, 0.1) is 46.3 Å². The second-order valence-electron chi connectivity index (χ2n) is 12.3. The molecule has 4 rings (SSSR count). The van der Waals surface area contributed by atoms with Gasteiger partial charge >= 0.3 is 5.97 Å². The molecule has 0 saturated heterocycles. The number of aliphatic carboxylic acids is 1. The molecule has 186 valence electrons. The van der Waals surface area contributed by atoms with Gasteiger partial charge in [-0.3, -0.25) is 19.2 Å². The summed E-state index contributed by atoms with van der Waals surface area (Å²) in [4.78, 5) is 51.1. The highest BCUT2D eigenvalue weighted by atomic mass is 16.4. The van der Waals surface area contributed by atoms with E-state index < -0.39 is 11.9 Å². The summed E-state index contributed by atoms with van der Waals surface area (Å²) in [6.45, 7) is 14.2. The first-order valence-electron chi connectivity index (χ1n) is 13.1. The molecule has 8 atom stereocenters. The van der Waals surface area contributed by atoms with Crippen molar-refractivity contribution in [1.82, 2.24) is 0 Å². The third-order valence-electron chi connectivity index (χ3n) is 10.5. The molecule has 0 radical (unpaired) electrons. The van der Waals surface area contributed by atoms with Gasteiger partial charge in [0, 0.05) is 41.7 Å². The molecular weight excluding hydrogens is 428 g/mol. The van der Waals surface area contributed by atoms with Gasteiger partial charge in [0.15, 0.2) is 11.6 Å². The van der Waals surface area contributed by atoms with Crippen molar-refractivity contribution in [2.75, 3.05) is 0 Å². The third-order valence-corrected chi connectivity index (χ3v) is 10.5. The summed E-state index contributed by atoms with van der Waals surface area (Å²) in [5, 5.41) is 9.27. The second kappa shape index (κ2) is 8.57. The topological polar surface area (TPSA) is 88.5 Å². The van der Waals surface area contributed by atoms with Crippen LogP contribution < -0.4 is 0 Å². The molecule has 4 aliphatic carbocycles. The summed E-state index contributed by atoms with van der Waals surface area (Å²) >= 11 is 0. The maximum atomic E-state index is 13.8. The van der Waals surface area contributed by atoms with Crippen LogP contribution in [-0.4, -0.2) is 28.4 Å². The summed E-state index contributed by atoms with van der Waals surface area (Å²) in [7, 11) is 0. The minimum atomic E-state index is -0.843. The fraction of sp³-hybridized carbons (Fsp3) is 0.724. The molecule has 1 N–H and O–H groups in total. The molecule has 0 spiro atoms. The van der Waals surface area contributed by atoms with Crippen molar-refractivity contribution < 1.29 is 24.3 Å². The number of carbonyl (C=O) groups excluding carboxylic acids is 3. The highest BCUT2D eigenvalue weighted by molar-refractivity contribution is 6.11. The Morgan fingerprint density at radius 2 is 1.82 bits per heavy atom. The van der Waals surface area contributed by atoms with Crippen molar-refractivity contribution in [1.29, 1.82) is 0 Å². The lowest BCUT2D eigenvalue weighted by molar-refractivity contribution is -0.140. The number of carbonyl (C=O) groups is 4. The molecule has 5 heteroatoms. The first kappa shape index (κ1) is 25.1. The van der Waals surface area contributed by atoms with Gasteiger partial charge in [-0.25, -0.2) is 0 Å². The van der Waals surface area contributed by atoms with E-state index in [-0.39, 0.29) is 45.9 Å². The van der Waals surface area contributed by atoms with E-state index in [1.165, 1.54) is 0 Å². The van der Waals surface area contributed by atoms with Crippen molar-refractivity contribution in [3.63, 3.8) is 0 Å². The smallest absolute Gasteiger partial charge is 0.310 e. The van der Waals surface area contributed by atoms with Crippen molar-refractivity contribution >= 4 is 23.3 Å². The molecule has 0 bridgehead atoms. The summed E-state index contributed by atoms with van der Waals surface area (Å²) in [5.41, 5.74) is 1.70. The van der Waals surface area contributed by atoms with Crippen molar-refractivity contribution in [2.24, 2.45) is 46.3 Å². The first-order chi connectivity index (χ1) is 15.8. The van der Waals surface area contributed by atoms with Crippen molar-refractivity contribution in [2.45, 2.75) is 86.0 Å². The van der Waals surface area contributed by atoms with Crippen LogP contribution >= 0.6 is 0 Å². The molecular formula is C29H40O5. The van der Waals surface area contributed by atoms with Crippen LogP contribution in [0.25, 0.3) is 0 Å². The van der Waals surface area contributed by atoms with E-state index in [0.717, 1.165) is 36.0 Å². The molecule has 2 saturated carbocycles. The van der Waals surface area contributed by atoms with Crippen LogP contribution in [0.1, 0.15) is 86.0 Å². The Bertz CT molecular complexity index is 988. The number of ketones is 3. The summed E-state index contributed by atoms with van der Waals surface area (Å²) in [5.74, 6) is -0.453. The number of hydrogen-bond donors (Lipinski definition) is 1. The van der Waals surface area contributed by atoms with Gasteiger partial charge in [0.2, 0.25) is 0 Å². The van der Waals surface area contributed by atoms with Gasteiger partial charge in [0.1, 0.15) is 5.78 Å². The zero-order valence-corrected chi connectivity index (χ0v) is 21.4. The number of carboxylic acid groups (broad SMARTS) is 1. The van der Waals surface area contributed by atoms with Crippen molar-refractivity contribution in [3.05, 3.63) is 23.3 Å². The van der Waals surface area contributed by atoms with E-state index in [2.05, 4.69) is 27.4 Å². The number of rotatable bonds is 6. The van der Waals surface area contributed by atoms with Crippen LogP contribution in [-0.2, 0) is 19.2 Å². The van der Waals surface area contributed by atoms with E-state index >= 15 is 0 Å². The van der Waals surface area contributed by atoms with Gasteiger partial charge in [0.25, 0.3) is 0 Å². The van der Waals surface area contributed by atoms with Gasteiger partial charge in [-0.2, -0.15) is 0 Å². The lowest BCUT2D eigenvalue weighted by Crippen LogP contribution is -2.53. The maximum absolute atomic E-state index is 13.8. The van der Waals surface area contributed by atoms with Crippen LogP contribution in [0.5, 0.6) is 0 Å². The Hall–Kier alpha value is -2.04. The Balaban J connectivity index is 1.61. The number of fused-ring (bicyclic) bond motifs is 4. The molecule has 0 unspecified atom stereocenters. The lowest BCUT2D eigenvalue weighted by Gasteiger charge is -2.53. The van der Waals surface area contributed by atoms with E-state index in [1.807, 2.05) is 6.92 Å². The monoisotopic (exact) mass is 468 g/mol. The molecule has 2 fully saturated rings. The normalized spacial score (nSPS) is 39.3. The summed E-state index contributed by atoms with van der Waals surface area (Å²) in [6, 6.07) is 0. The van der Waals surface area contributed by atoms with E-state index in [0.29, 0.717) is 43.9 Å². The molecule has 0 aromatic heterocycles. The minimum absolute atomic E-state index is 0.0633. The highest BCUT2D eigenvalue weighted by Crippen LogP contribution is 2.64. The van der Waals surface area contributed by atoms with Gasteiger partial charge in [-0.15, -0.1) is 0 Å². The quantitative estimate of drug-likeness (QED) is 0.514. The Labute approximate surface area is 203 Å². The van der Waals surface area contributed by atoms with Gasteiger partial charge in [-0.1, -0.05) is 39.8 Å². The molecule has 0 aromatic rings. The number of allylic oxidation sites excluding steroid dienone is 2. The Morgan fingerprint density at radius 1 is 1.15 bits per heavy atom. The van der Waals surface area contributed by atoms with E-state index in [9.17, 15) is 24.3 Å². The SMILES string of the molecule is C=C(CC[C@@H](C)[C@H]1CC[C@H]2C3=C(C(=O)C[C@]12C)[C@@]1(C)CCC(=O)[C@@H](C)[C@@H]1CC3=O)[C@@H](C)C(=O)O. The van der Waals surface area contributed by atoms with E-state index in [4.69, 9.17) is 0 Å². The molecule has 0 aliphatic heterocycles. The molecule has 0 heterocycles. The Kier molecular flexibility index (Phi) is 6.31. The van der Waals surface area contributed by atoms with Crippen LogP contribution in [0.4, 0.5) is 0 Å². The molecule has 0 aromatic carbocycles. The maximum Gasteiger partial charge on any atom is 0.310 e. The predicted octanol–water partition coefficient (Wildman–Crippen LogP) is 5.58. The van der Waals surface area contributed by atoms with Gasteiger partial charge in [0.05, 0.1) is 5.92 Å². The van der Waals surface area contributed by atoms with Crippen LogP contribution in [0.15, 0.2) is 23.3 Å². The lowest BCUT2D eigenvalue weighted by atomic mass is 9.48. The van der Waals surface area contributed by atoms with Gasteiger partial charge in [-0.05, 0) is 68.1 Å². The predicted molar refractivity (Wildman–Crippen MR) is 130 cm³/mol. The molecule has 5 nitrogen and oxygen atoms in total. The molecule has 0 amide bonds. The molecule has 34 heavy (non-hydrogen) atoms. The fourth-order valence-electron chi connectivity index (χ4n) is 8.25. The standard InChI is InChI=1S/C29H40O5/c1-15(17(3)27(33)34)7-8-16(2)19-9-10-20-25-23(31)13-21-18(4)22(30)11-12-28(21,5)26(25)24(32)14-29(19,20)6/h16-21H,1,7-14H2,2-6H3,(H,33,34)/t16-,17-,18+,19-,20+,21+,28+,29-/m1/s1. The number of hydrogen-bond acceptors (Lipinski definition) is 4.